The van der Waals surface area contributed by atoms with E-state index in [1.807, 2.05) is 13.8 Å². The monoisotopic (exact) mass is 294 g/mol. The lowest BCUT2D eigenvalue weighted by Crippen LogP contribution is -2.31. The Morgan fingerprint density at radius 2 is 2.10 bits per heavy atom. The van der Waals surface area contributed by atoms with Gasteiger partial charge in [0.15, 0.2) is 11.5 Å². The molecule has 116 valence electrons. The third-order valence-electron chi connectivity index (χ3n) is 2.77. The highest BCUT2D eigenvalue weighted by Crippen LogP contribution is 2.28. The number of oxime groups is 1. The largest absolute Gasteiger partial charge is 0.493 e. The standard InChI is InChI=1S/C15H22N2O4/c1-10(2)16-15(18)7-8-21-13-6-5-12(11(3)17-19)9-14(13)20-4/h5-6,9-10,19H,7-8H2,1-4H3,(H,16,18). The SMILES string of the molecule is COc1cc(C(C)=NO)ccc1OCCC(=O)NC(C)C. The summed E-state index contributed by atoms with van der Waals surface area (Å²) >= 11 is 0. The van der Waals surface area contributed by atoms with Crippen molar-refractivity contribution in [3.05, 3.63) is 23.8 Å². The summed E-state index contributed by atoms with van der Waals surface area (Å²) in [5, 5.41) is 14.7. The van der Waals surface area contributed by atoms with Crippen LogP contribution in [0, 0.1) is 0 Å². The predicted molar refractivity (Wildman–Crippen MR) is 80.4 cm³/mol. The summed E-state index contributed by atoms with van der Waals surface area (Å²) in [6.45, 7) is 5.77. The molecule has 0 heterocycles. The van der Waals surface area contributed by atoms with E-state index >= 15 is 0 Å². The molecule has 0 aromatic heterocycles. The van der Waals surface area contributed by atoms with E-state index in [4.69, 9.17) is 14.7 Å². The van der Waals surface area contributed by atoms with Gasteiger partial charge in [0.1, 0.15) is 0 Å². The lowest BCUT2D eigenvalue weighted by Gasteiger charge is -2.12. The second-order valence-corrected chi connectivity index (χ2v) is 4.87. The van der Waals surface area contributed by atoms with Crippen molar-refractivity contribution in [2.75, 3.05) is 13.7 Å². The van der Waals surface area contributed by atoms with Crippen LogP contribution in [0.25, 0.3) is 0 Å². The van der Waals surface area contributed by atoms with Crippen molar-refractivity contribution in [1.82, 2.24) is 5.32 Å². The van der Waals surface area contributed by atoms with E-state index in [0.29, 0.717) is 17.2 Å². The lowest BCUT2D eigenvalue weighted by molar-refractivity contribution is -0.122. The van der Waals surface area contributed by atoms with Gasteiger partial charge >= 0.3 is 0 Å². The normalized spacial score (nSPS) is 11.4. The Kier molecular flexibility index (Phi) is 6.52. The molecule has 6 nitrogen and oxygen atoms in total. The third-order valence-corrected chi connectivity index (χ3v) is 2.77. The number of hydrogen-bond donors (Lipinski definition) is 2. The van der Waals surface area contributed by atoms with Crippen molar-refractivity contribution in [2.24, 2.45) is 5.16 Å². The predicted octanol–water partition coefficient (Wildman–Crippen LogP) is 2.19. The smallest absolute Gasteiger partial charge is 0.223 e. The molecule has 0 saturated carbocycles. The number of benzene rings is 1. The van der Waals surface area contributed by atoms with E-state index < -0.39 is 0 Å². The van der Waals surface area contributed by atoms with Gasteiger partial charge in [-0.15, -0.1) is 0 Å². The first-order valence-electron chi connectivity index (χ1n) is 6.77. The Hall–Kier alpha value is -2.24. The van der Waals surface area contributed by atoms with Crippen LogP contribution < -0.4 is 14.8 Å². The van der Waals surface area contributed by atoms with Crippen LogP contribution in [0.1, 0.15) is 32.8 Å². The maximum absolute atomic E-state index is 11.5. The number of methoxy groups -OCH3 is 1. The fraction of sp³-hybridized carbons (Fsp3) is 0.467. The third kappa shape index (κ3) is 5.33. The zero-order chi connectivity index (χ0) is 15.8. The van der Waals surface area contributed by atoms with Gasteiger partial charge in [-0.2, -0.15) is 0 Å². The van der Waals surface area contributed by atoms with Gasteiger partial charge < -0.3 is 20.0 Å². The van der Waals surface area contributed by atoms with Crippen LogP contribution in [0.15, 0.2) is 23.4 Å². The molecule has 1 aromatic carbocycles. The van der Waals surface area contributed by atoms with Crippen molar-refractivity contribution >= 4 is 11.6 Å². The molecule has 0 aliphatic heterocycles. The Morgan fingerprint density at radius 1 is 1.38 bits per heavy atom. The van der Waals surface area contributed by atoms with Crippen LogP contribution in [0.5, 0.6) is 11.5 Å². The minimum atomic E-state index is -0.0520. The molecule has 0 unspecified atom stereocenters. The number of rotatable bonds is 7. The Labute approximate surface area is 124 Å². The Bertz CT molecular complexity index is 512. The van der Waals surface area contributed by atoms with Crippen molar-refractivity contribution in [3.63, 3.8) is 0 Å². The molecule has 1 rings (SSSR count). The fourth-order valence-electron chi connectivity index (χ4n) is 1.72. The van der Waals surface area contributed by atoms with Crippen molar-refractivity contribution in [1.29, 1.82) is 0 Å². The van der Waals surface area contributed by atoms with Crippen LogP contribution in [0.4, 0.5) is 0 Å². The molecule has 0 aliphatic carbocycles. The zero-order valence-corrected chi connectivity index (χ0v) is 12.8. The number of ether oxygens (including phenoxy) is 2. The molecule has 1 amide bonds. The van der Waals surface area contributed by atoms with E-state index in [9.17, 15) is 4.79 Å². The summed E-state index contributed by atoms with van der Waals surface area (Å²) in [6.07, 6.45) is 0.278. The first kappa shape index (κ1) is 16.8. The van der Waals surface area contributed by atoms with Crippen molar-refractivity contribution in [2.45, 2.75) is 33.2 Å². The van der Waals surface area contributed by atoms with E-state index in [0.717, 1.165) is 5.56 Å². The number of amides is 1. The molecule has 2 N–H and O–H groups in total. The van der Waals surface area contributed by atoms with Crippen LogP contribution in [-0.2, 0) is 4.79 Å². The van der Waals surface area contributed by atoms with Crippen molar-refractivity contribution < 1.29 is 19.5 Å². The first-order valence-corrected chi connectivity index (χ1v) is 6.77. The molecule has 1 aromatic rings. The molecular weight excluding hydrogens is 272 g/mol. The summed E-state index contributed by atoms with van der Waals surface area (Å²) in [6, 6.07) is 5.33. The summed E-state index contributed by atoms with van der Waals surface area (Å²) in [5.41, 5.74) is 1.22. The number of nitrogens with one attached hydrogen (secondary N) is 1. The topological polar surface area (TPSA) is 80.2 Å². The lowest BCUT2D eigenvalue weighted by atomic mass is 10.1. The molecule has 0 bridgehead atoms. The van der Waals surface area contributed by atoms with E-state index in [-0.39, 0.29) is 25.0 Å². The minimum absolute atomic E-state index is 0.0520. The number of carbonyl (C=O) groups is 1. The summed E-state index contributed by atoms with van der Waals surface area (Å²) < 4.78 is 10.8. The van der Waals surface area contributed by atoms with Crippen LogP contribution in [0.3, 0.4) is 0 Å². The molecule has 6 heteroatoms. The molecule has 0 aliphatic rings. The minimum Gasteiger partial charge on any atom is -0.493 e. The molecule has 0 atom stereocenters. The highest BCUT2D eigenvalue weighted by Gasteiger charge is 2.09. The molecular formula is C15H22N2O4. The summed E-state index contributed by atoms with van der Waals surface area (Å²) in [4.78, 5) is 11.5. The number of carbonyl (C=O) groups excluding carboxylic acids is 1. The van der Waals surface area contributed by atoms with Crippen LogP contribution >= 0.6 is 0 Å². The van der Waals surface area contributed by atoms with E-state index in [1.54, 1.807) is 25.1 Å². The Balaban J connectivity index is 2.65. The maximum atomic E-state index is 11.5. The second kappa shape index (κ2) is 8.14. The fourth-order valence-corrected chi connectivity index (χ4v) is 1.72. The Morgan fingerprint density at radius 3 is 2.67 bits per heavy atom. The van der Waals surface area contributed by atoms with Gasteiger partial charge in [0.05, 0.1) is 25.8 Å². The first-order chi connectivity index (χ1) is 9.97. The van der Waals surface area contributed by atoms with Crippen LogP contribution in [0.2, 0.25) is 0 Å². The zero-order valence-electron chi connectivity index (χ0n) is 12.8. The van der Waals surface area contributed by atoms with Gasteiger partial charge in [0, 0.05) is 11.6 Å². The van der Waals surface area contributed by atoms with Gasteiger partial charge in [-0.3, -0.25) is 4.79 Å². The summed E-state index contributed by atoms with van der Waals surface area (Å²) in [5.74, 6) is 1.02. The summed E-state index contributed by atoms with van der Waals surface area (Å²) in [7, 11) is 1.53. The average Bonchev–Trinajstić information content (AvgIpc) is 2.45. The molecule has 21 heavy (non-hydrogen) atoms. The second-order valence-electron chi connectivity index (χ2n) is 4.87. The quantitative estimate of drug-likeness (QED) is 0.459. The maximum Gasteiger partial charge on any atom is 0.223 e. The van der Waals surface area contributed by atoms with E-state index in [1.165, 1.54) is 7.11 Å². The molecule has 0 saturated heterocycles. The molecule has 0 fully saturated rings. The van der Waals surface area contributed by atoms with Gasteiger partial charge in [0.25, 0.3) is 0 Å². The van der Waals surface area contributed by atoms with Gasteiger partial charge in [0.2, 0.25) is 5.91 Å². The highest BCUT2D eigenvalue weighted by molar-refractivity contribution is 5.98. The average molecular weight is 294 g/mol. The molecule has 0 spiro atoms. The van der Waals surface area contributed by atoms with Crippen LogP contribution in [-0.4, -0.2) is 36.6 Å². The van der Waals surface area contributed by atoms with Gasteiger partial charge in [-0.25, -0.2) is 0 Å². The number of nitrogens with zero attached hydrogens (tertiary/aromatic N) is 1. The molecule has 0 radical (unpaired) electrons. The van der Waals surface area contributed by atoms with Gasteiger partial charge in [-0.1, -0.05) is 5.16 Å². The van der Waals surface area contributed by atoms with E-state index in [2.05, 4.69) is 10.5 Å². The van der Waals surface area contributed by atoms with Crippen molar-refractivity contribution in [3.8, 4) is 11.5 Å². The van der Waals surface area contributed by atoms with Gasteiger partial charge in [-0.05, 0) is 39.0 Å². The number of hydrogen-bond acceptors (Lipinski definition) is 5. The highest BCUT2D eigenvalue weighted by atomic mass is 16.5.